The number of H-pyrrole nitrogens is 1. The second kappa shape index (κ2) is 5.56. The van der Waals surface area contributed by atoms with Gasteiger partial charge in [0.1, 0.15) is 17.7 Å². The van der Waals surface area contributed by atoms with Crippen LogP contribution in [-0.2, 0) is 0 Å². The lowest BCUT2D eigenvalue weighted by atomic mass is 9.83. The van der Waals surface area contributed by atoms with Crippen molar-refractivity contribution in [3.8, 4) is 0 Å². The van der Waals surface area contributed by atoms with E-state index < -0.39 is 6.10 Å². The minimum Gasteiger partial charge on any atom is -0.386 e. The maximum atomic E-state index is 11.3. The average molecular weight is 338 g/mol. The Labute approximate surface area is 145 Å². The molecule has 0 amide bonds. The third kappa shape index (κ3) is 2.18. The molecule has 2 aromatic heterocycles. The lowest BCUT2D eigenvalue weighted by Crippen LogP contribution is -2.44. The van der Waals surface area contributed by atoms with E-state index in [2.05, 4.69) is 25.8 Å². The molecule has 3 aromatic rings. The molecule has 0 bridgehead atoms. The number of benzene rings is 1. The Morgan fingerprint density at radius 3 is 2.84 bits per heavy atom. The summed E-state index contributed by atoms with van der Waals surface area (Å²) in [5.74, 6) is 1.29. The molecule has 1 aromatic carbocycles. The molecule has 7 heteroatoms. The first-order valence-electron chi connectivity index (χ1n) is 9.03. The summed E-state index contributed by atoms with van der Waals surface area (Å²) in [6, 6.07) is 7.83. The van der Waals surface area contributed by atoms with Crippen molar-refractivity contribution < 1.29 is 5.11 Å². The lowest BCUT2D eigenvalue weighted by molar-refractivity contribution is 0.0774. The number of aliphatic hydroxyl groups excluding tert-OH is 1. The number of nitrogens with one attached hydrogen (secondary N) is 2. The van der Waals surface area contributed by atoms with Gasteiger partial charge in [0.25, 0.3) is 0 Å². The molecule has 2 aliphatic rings. The van der Waals surface area contributed by atoms with Gasteiger partial charge in [-0.1, -0.05) is 30.2 Å². The molecule has 130 valence electrons. The Morgan fingerprint density at radius 1 is 1.20 bits per heavy atom. The molecule has 0 unspecified atom stereocenters. The second-order valence-corrected chi connectivity index (χ2v) is 7.28. The van der Waals surface area contributed by atoms with E-state index >= 15 is 0 Å². The lowest BCUT2D eigenvalue weighted by Gasteiger charge is -2.39. The number of fused-ring (bicyclic) bond motifs is 2. The molecule has 1 saturated carbocycles. The van der Waals surface area contributed by atoms with E-state index in [1.54, 1.807) is 0 Å². The van der Waals surface area contributed by atoms with Crippen LogP contribution in [0.1, 0.15) is 49.1 Å². The molecule has 3 N–H and O–H groups in total. The molecule has 25 heavy (non-hydrogen) atoms. The standard InChI is InChI=1S/C18H22N6O/c1-10-14-17(25)16(24-13-9-5-4-8-12(13)21-23-24)15(11-6-2-3-7-11)19-18(14)22-20-10/h4-5,8-9,11,15-17,25H,2-3,6-7H2,1H3,(H2,19,20,22)/t15-,16-,17-/m1/s1. The van der Waals surface area contributed by atoms with Crippen LogP contribution in [0.25, 0.3) is 11.0 Å². The van der Waals surface area contributed by atoms with Gasteiger partial charge in [-0.2, -0.15) is 5.10 Å². The van der Waals surface area contributed by atoms with Crippen LogP contribution in [-0.4, -0.2) is 36.3 Å². The zero-order valence-corrected chi connectivity index (χ0v) is 14.2. The molecule has 3 heterocycles. The summed E-state index contributed by atoms with van der Waals surface area (Å²) in [5, 5.41) is 31.0. The largest absolute Gasteiger partial charge is 0.386 e. The van der Waals surface area contributed by atoms with Crippen LogP contribution in [0.15, 0.2) is 24.3 Å². The number of hydrogen-bond acceptors (Lipinski definition) is 5. The predicted molar refractivity (Wildman–Crippen MR) is 94.2 cm³/mol. The van der Waals surface area contributed by atoms with Gasteiger partial charge >= 0.3 is 0 Å². The molecular weight excluding hydrogens is 316 g/mol. The summed E-state index contributed by atoms with van der Waals surface area (Å²) in [6.45, 7) is 1.95. The highest BCUT2D eigenvalue weighted by Gasteiger charge is 2.44. The van der Waals surface area contributed by atoms with Crippen molar-refractivity contribution >= 4 is 16.9 Å². The highest BCUT2D eigenvalue weighted by Crippen LogP contribution is 2.45. The van der Waals surface area contributed by atoms with E-state index in [4.69, 9.17) is 0 Å². The average Bonchev–Trinajstić information content (AvgIpc) is 3.35. The van der Waals surface area contributed by atoms with Crippen molar-refractivity contribution in [3.05, 3.63) is 35.5 Å². The number of aliphatic hydroxyl groups is 1. The van der Waals surface area contributed by atoms with Crippen molar-refractivity contribution in [2.24, 2.45) is 5.92 Å². The van der Waals surface area contributed by atoms with Gasteiger partial charge in [0.2, 0.25) is 0 Å². The quantitative estimate of drug-likeness (QED) is 0.668. The van der Waals surface area contributed by atoms with Gasteiger partial charge in [-0.05, 0) is 37.8 Å². The summed E-state index contributed by atoms with van der Waals surface area (Å²) in [5.41, 5.74) is 3.56. The maximum Gasteiger partial charge on any atom is 0.154 e. The summed E-state index contributed by atoms with van der Waals surface area (Å²) < 4.78 is 1.91. The van der Waals surface area contributed by atoms with Crippen LogP contribution in [0.5, 0.6) is 0 Å². The van der Waals surface area contributed by atoms with Gasteiger partial charge in [0, 0.05) is 11.3 Å². The van der Waals surface area contributed by atoms with Crippen LogP contribution in [0.2, 0.25) is 0 Å². The summed E-state index contributed by atoms with van der Waals surface area (Å²) in [4.78, 5) is 0. The van der Waals surface area contributed by atoms with Gasteiger partial charge in [0.15, 0.2) is 5.82 Å². The summed E-state index contributed by atoms with van der Waals surface area (Å²) in [7, 11) is 0. The SMILES string of the molecule is Cc1[nH]nc2c1[C@@H](O)[C@H](n1nnc3ccccc31)[C@@H](C1CCCC1)N2. The molecule has 0 spiro atoms. The maximum absolute atomic E-state index is 11.3. The Balaban J connectivity index is 1.66. The van der Waals surface area contributed by atoms with Crippen LogP contribution in [0, 0.1) is 12.8 Å². The third-order valence-electron chi connectivity index (χ3n) is 5.85. The van der Waals surface area contributed by atoms with E-state index in [0.717, 1.165) is 28.1 Å². The van der Waals surface area contributed by atoms with Crippen molar-refractivity contribution in [2.45, 2.75) is 50.8 Å². The minimum atomic E-state index is -0.661. The van der Waals surface area contributed by atoms with E-state index in [0.29, 0.717) is 5.92 Å². The van der Waals surface area contributed by atoms with Crippen molar-refractivity contribution in [1.29, 1.82) is 0 Å². The Bertz CT molecular complexity index is 909. The van der Waals surface area contributed by atoms with Gasteiger partial charge in [-0.25, -0.2) is 4.68 Å². The number of nitrogens with zero attached hydrogens (tertiary/aromatic N) is 4. The Kier molecular flexibility index (Phi) is 3.31. The number of aryl methyl sites for hydroxylation is 1. The van der Waals surface area contributed by atoms with E-state index in [-0.39, 0.29) is 12.1 Å². The molecule has 0 radical (unpaired) electrons. The first kappa shape index (κ1) is 14.9. The van der Waals surface area contributed by atoms with Crippen molar-refractivity contribution in [3.63, 3.8) is 0 Å². The normalized spacial score (nSPS) is 26.7. The fraction of sp³-hybridized carbons (Fsp3) is 0.500. The van der Waals surface area contributed by atoms with Crippen LogP contribution in [0.3, 0.4) is 0 Å². The Hall–Kier alpha value is -2.41. The number of rotatable bonds is 2. The molecule has 1 aliphatic carbocycles. The van der Waals surface area contributed by atoms with Crippen LogP contribution >= 0.6 is 0 Å². The highest BCUT2D eigenvalue weighted by molar-refractivity contribution is 5.74. The summed E-state index contributed by atoms with van der Waals surface area (Å²) in [6.07, 6.45) is 4.18. The number of aromatic amines is 1. The molecule has 1 aliphatic heterocycles. The van der Waals surface area contributed by atoms with Crippen molar-refractivity contribution in [2.75, 3.05) is 5.32 Å². The summed E-state index contributed by atoms with van der Waals surface area (Å²) >= 11 is 0. The molecule has 1 fully saturated rings. The monoisotopic (exact) mass is 338 g/mol. The number of anilines is 1. The number of aromatic nitrogens is 5. The fourth-order valence-corrected chi connectivity index (χ4v) is 4.63. The van der Waals surface area contributed by atoms with Gasteiger partial charge in [-0.3, -0.25) is 5.10 Å². The molecular formula is C18H22N6O. The van der Waals surface area contributed by atoms with Gasteiger partial charge in [-0.15, -0.1) is 5.10 Å². The van der Waals surface area contributed by atoms with Crippen LogP contribution < -0.4 is 5.32 Å². The topological polar surface area (TPSA) is 91.6 Å². The zero-order chi connectivity index (χ0) is 17.0. The van der Waals surface area contributed by atoms with E-state index in [1.165, 1.54) is 25.7 Å². The fourth-order valence-electron chi connectivity index (χ4n) is 4.63. The number of hydrogen-bond donors (Lipinski definition) is 3. The van der Waals surface area contributed by atoms with E-state index in [9.17, 15) is 5.11 Å². The smallest absolute Gasteiger partial charge is 0.154 e. The molecule has 5 rings (SSSR count). The number of para-hydroxylation sites is 1. The molecule has 7 nitrogen and oxygen atoms in total. The van der Waals surface area contributed by atoms with Gasteiger partial charge < -0.3 is 10.4 Å². The predicted octanol–water partition coefficient (Wildman–Crippen LogP) is 2.72. The molecule has 3 atom stereocenters. The first-order chi connectivity index (χ1) is 12.2. The van der Waals surface area contributed by atoms with Gasteiger partial charge in [0.05, 0.1) is 11.6 Å². The second-order valence-electron chi connectivity index (χ2n) is 7.28. The van der Waals surface area contributed by atoms with Crippen molar-refractivity contribution in [1.82, 2.24) is 25.2 Å². The Morgan fingerprint density at radius 2 is 2.00 bits per heavy atom. The minimum absolute atomic E-state index is 0.0952. The van der Waals surface area contributed by atoms with Crippen LogP contribution in [0.4, 0.5) is 5.82 Å². The van der Waals surface area contributed by atoms with E-state index in [1.807, 2.05) is 35.9 Å². The molecule has 0 saturated heterocycles. The zero-order valence-electron chi connectivity index (χ0n) is 14.2. The first-order valence-corrected chi connectivity index (χ1v) is 9.03. The highest BCUT2D eigenvalue weighted by atomic mass is 16.3. The third-order valence-corrected chi connectivity index (χ3v) is 5.85.